The number of hydrazine groups is 1. The average molecular weight is 299 g/mol. The van der Waals surface area contributed by atoms with Crippen molar-refractivity contribution in [2.45, 2.75) is 45.5 Å². The van der Waals surface area contributed by atoms with Gasteiger partial charge in [0.2, 0.25) is 0 Å². The number of rotatable bonds is 2. The molecule has 0 aromatic rings. The van der Waals surface area contributed by atoms with Crippen LogP contribution in [-0.4, -0.2) is 45.7 Å². The monoisotopic (exact) mass is 299 g/mol. The highest BCUT2D eigenvalue weighted by Gasteiger charge is 2.40. The van der Waals surface area contributed by atoms with E-state index in [0.717, 1.165) is 4.90 Å². The van der Waals surface area contributed by atoms with Crippen molar-refractivity contribution in [3.63, 3.8) is 0 Å². The van der Waals surface area contributed by atoms with E-state index >= 15 is 0 Å². The summed E-state index contributed by atoms with van der Waals surface area (Å²) in [5.41, 5.74) is 1.75. The van der Waals surface area contributed by atoms with Crippen LogP contribution in [0.4, 0.5) is 18.0 Å². The van der Waals surface area contributed by atoms with Crippen LogP contribution in [0.3, 0.4) is 0 Å². The van der Waals surface area contributed by atoms with Gasteiger partial charge < -0.3 is 5.11 Å². The van der Waals surface area contributed by atoms with Crippen molar-refractivity contribution in [2.24, 2.45) is 0 Å². The highest BCUT2D eigenvalue weighted by molar-refractivity contribution is 5.88. The van der Waals surface area contributed by atoms with Crippen molar-refractivity contribution < 1.29 is 32.7 Å². The average Bonchev–Trinajstić information content (AvgIpc) is 2.20. The lowest BCUT2D eigenvalue weighted by Crippen LogP contribution is -2.58. The van der Waals surface area contributed by atoms with Gasteiger partial charge in [-0.2, -0.15) is 13.2 Å². The summed E-state index contributed by atoms with van der Waals surface area (Å²) in [4.78, 5) is 33.9. The van der Waals surface area contributed by atoms with E-state index in [1.54, 1.807) is 0 Å². The Labute approximate surface area is 113 Å². The molecule has 116 valence electrons. The summed E-state index contributed by atoms with van der Waals surface area (Å²) >= 11 is 0. The summed E-state index contributed by atoms with van der Waals surface area (Å²) in [6.45, 7) is 5.73. The Bertz CT molecular complexity index is 404. The topological polar surface area (TPSA) is 98.7 Å². The van der Waals surface area contributed by atoms with Crippen LogP contribution >= 0.6 is 0 Å². The summed E-state index contributed by atoms with van der Waals surface area (Å²) < 4.78 is 35.7. The van der Waals surface area contributed by atoms with Gasteiger partial charge in [-0.25, -0.2) is 4.79 Å². The lowest BCUT2D eigenvalue weighted by atomic mass is 10.0. The van der Waals surface area contributed by atoms with Gasteiger partial charge in [-0.15, -0.1) is 0 Å². The van der Waals surface area contributed by atoms with Crippen molar-refractivity contribution in [1.82, 2.24) is 15.8 Å². The van der Waals surface area contributed by atoms with Gasteiger partial charge >= 0.3 is 18.2 Å². The van der Waals surface area contributed by atoms with E-state index in [4.69, 9.17) is 5.11 Å². The van der Waals surface area contributed by atoms with Crippen LogP contribution in [0, 0.1) is 0 Å². The molecule has 0 spiro atoms. The third-order valence-corrected chi connectivity index (χ3v) is 2.25. The minimum atomic E-state index is -5.15. The number of nitrogens with zero attached hydrogens (tertiary/aromatic N) is 1. The quantitative estimate of drug-likeness (QED) is 0.659. The first-order chi connectivity index (χ1) is 8.78. The molecule has 0 aliphatic heterocycles. The zero-order valence-electron chi connectivity index (χ0n) is 11.3. The van der Waals surface area contributed by atoms with Crippen LogP contribution in [0.5, 0.6) is 0 Å². The maximum Gasteiger partial charge on any atom is 0.472 e. The number of nitrogens with one attached hydrogen (secondary N) is 2. The Morgan fingerprint density at radius 1 is 1.10 bits per heavy atom. The number of alkyl halides is 3. The second-order valence-electron chi connectivity index (χ2n) is 4.94. The molecule has 7 nitrogen and oxygen atoms in total. The fourth-order valence-corrected chi connectivity index (χ4v) is 1.44. The number of halogens is 3. The molecule has 0 saturated heterocycles. The maximum absolute atomic E-state index is 11.9. The predicted octanol–water partition coefficient (Wildman–Crippen LogP) is 0.863. The lowest BCUT2D eigenvalue weighted by Gasteiger charge is -2.37. The van der Waals surface area contributed by atoms with Crippen LogP contribution in [-0.2, 0) is 9.59 Å². The number of carbonyl (C=O) groups excluding carboxylic acids is 2. The van der Waals surface area contributed by atoms with Crippen LogP contribution in [0.1, 0.15) is 27.7 Å². The molecule has 0 aromatic heterocycles. The van der Waals surface area contributed by atoms with Gasteiger partial charge in [0.05, 0.1) is 0 Å². The van der Waals surface area contributed by atoms with Crippen molar-refractivity contribution in [2.75, 3.05) is 0 Å². The van der Waals surface area contributed by atoms with Gasteiger partial charge in [0, 0.05) is 5.54 Å². The second kappa shape index (κ2) is 5.97. The second-order valence-corrected chi connectivity index (χ2v) is 4.94. The summed E-state index contributed by atoms with van der Waals surface area (Å²) in [5, 5.41) is 9.01. The Morgan fingerprint density at radius 2 is 1.55 bits per heavy atom. The molecule has 3 N–H and O–H groups in total. The summed E-state index contributed by atoms with van der Waals surface area (Å²) in [5.74, 6) is -3.43. The molecule has 0 fully saturated rings. The molecule has 3 amide bonds. The Morgan fingerprint density at radius 3 is 1.85 bits per heavy atom. The Balaban J connectivity index is 4.78. The predicted molar refractivity (Wildman–Crippen MR) is 61.4 cm³/mol. The number of hydrogen-bond acceptors (Lipinski definition) is 3. The SMILES string of the molecule is CC(C(=O)NNC(=O)C(F)(F)F)N(C(=O)O)C(C)(C)C. The molecule has 0 saturated carbocycles. The molecule has 0 aliphatic carbocycles. The van der Waals surface area contributed by atoms with E-state index in [2.05, 4.69) is 0 Å². The molecule has 0 aromatic carbocycles. The Hall–Kier alpha value is -2.00. The van der Waals surface area contributed by atoms with Crippen LogP contribution in [0.25, 0.3) is 0 Å². The van der Waals surface area contributed by atoms with Gasteiger partial charge in [-0.1, -0.05) is 0 Å². The molecule has 0 radical (unpaired) electrons. The van der Waals surface area contributed by atoms with Gasteiger partial charge in [-0.05, 0) is 27.7 Å². The molecule has 0 aliphatic rings. The van der Waals surface area contributed by atoms with Crippen LogP contribution < -0.4 is 10.9 Å². The number of hydrogen-bond donors (Lipinski definition) is 3. The molecule has 1 unspecified atom stereocenters. The standard InChI is InChI=1S/C10H16F3N3O4/c1-5(16(8(19)20)9(2,3)4)6(17)14-15-7(18)10(11,12)13/h5H,1-4H3,(H,14,17)(H,15,18)(H,19,20). The molecule has 0 rings (SSSR count). The van der Waals surface area contributed by atoms with Crippen molar-refractivity contribution in [3.05, 3.63) is 0 Å². The van der Waals surface area contributed by atoms with Crippen LogP contribution in [0.15, 0.2) is 0 Å². The normalized spacial score (nSPS) is 13.3. The number of amides is 3. The third-order valence-electron chi connectivity index (χ3n) is 2.25. The van der Waals surface area contributed by atoms with Crippen molar-refractivity contribution >= 4 is 17.9 Å². The summed E-state index contributed by atoms with van der Waals surface area (Å²) in [7, 11) is 0. The maximum atomic E-state index is 11.9. The first-order valence-corrected chi connectivity index (χ1v) is 5.47. The highest BCUT2D eigenvalue weighted by atomic mass is 19.4. The fourth-order valence-electron chi connectivity index (χ4n) is 1.44. The van der Waals surface area contributed by atoms with Crippen molar-refractivity contribution in [3.8, 4) is 0 Å². The van der Waals surface area contributed by atoms with Gasteiger partial charge in [0.25, 0.3) is 5.91 Å². The molecule has 0 heterocycles. The van der Waals surface area contributed by atoms with E-state index in [1.807, 2.05) is 0 Å². The Kier molecular flexibility index (Phi) is 5.37. The number of carbonyl (C=O) groups is 3. The number of carboxylic acid groups (broad SMARTS) is 1. The summed E-state index contributed by atoms with van der Waals surface area (Å²) in [6.07, 6.45) is -6.56. The molecular weight excluding hydrogens is 283 g/mol. The molecule has 0 bridgehead atoms. The molecular formula is C10H16F3N3O4. The van der Waals surface area contributed by atoms with Gasteiger partial charge in [0.1, 0.15) is 6.04 Å². The summed E-state index contributed by atoms with van der Waals surface area (Å²) in [6, 6.07) is -1.29. The zero-order chi connectivity index (χ0) is 16.3. The third kappa shape index (κ3) is 4.94. The first kappa shape index (κ1) is 18.0. The lowest BCUT2D eigenvalue weighted by molar-refractivity contribution is -0.175. The fraction of sp³-hybridized carbons (Fsp3) is 0.700. The smallest absolute Gasteiger partial charge is 0.465 e. The van der Waals surface area contributed by atoms with Crippen molar-refractivity contribution in [1.29, 1.82) is 0 Å². The minimum Gasteiger partial charge on any atom is -0.465 e. The van der Waals surface area contributed by atoms with E-state index in [-0.39, 0.29) is 0 Å². The van der Waals surface area contributed by atoms with Gasteiger partial charge in [0.15, 0.2) is 0 Å². The van der Waals surface area contributed by atoms with Crippen LogP contribution in [0.2, 0.25) is 0 Å². The van der Waals surface area contributed by atoms with E-state index in [0.29, 0.717) is 0 Å². The highest BCUT2D eigenvalue weighted by Crippen LogP contribution is 2.17. The molecule has 10 heteroatoms. The minimum absolute atomic E-state index is 0.752. The van der Waals surface area contributed by atoms with E-state index in [1.165, 1.54) is 38.5 Å². The van der Waals surface area contributed by atoms with E-state index < -0.39 is 35.7 Å². The first-order valence-electron chi connectivity index (χ1n) is 5.47. The van der Waals surface area contributed by atoms with Gasteiger partial charge in [-0.3, -0.25) is 25.3 Å². The largest absolute Gasteiger partial charge is 0.472 e. The zero-order valence-corrected chi connectivity index (χ0v) is 11.3. The van der Waals surface area contributed by atoms with E-state index in [9.17, 15) is 27.6 Å². The molecule has 20 heavy (non-hydrogen) atoms. The molecule has 1 atom stereocenters.